The van der Waals surface area contributed by atoms with Crippen molar-refractivity contribution in [3.05, 3.63) is 44.2 Å². The minimum absolute atomic E-state index is 0.00227. The molecule has 1 aromatic carbocycles. The predicted octanol–water partition coefficient (Wildman–Crippen LogP) is 2.30. The quantitative estimate of drug-likeness (QED) is 0.843. The number of hydrogen-bond acceptors (Lipinski definition) is 2. The van der Waals surface area contributed by atoms with Gasteiger partial charge in [-0.2, -0.15) is 0 Å². The Morgan fingerprint density at radius 3 is 2.75 bits per heavy atom. The number of hydrogen-bond donors (Lipinski definition) is 2. The molecule has 0 aliphatic rings. The summed E-state index contributed by atoms with van der Waals surface area (Å²) in [6, 6.07) is 5.25. The summed E-state index contributed by atoms with van der Waals surface area (Å²) < 4.78 is 0.0538. The monoisotopic (exact) mass is 281 g/mol. The van der Waals surface area contributed by atoms with Crippen molar-refractivity contribution in [1.82, 2.24) is 4.98 Å². The van der Waals surface area contributed by atoms with Gasteiger partial charge in [-0.1, -0.05) is 18.2 Å². The van der Waals surface area contributed by atoms with Gasteiger partial charge in [0.2, 0.25) is 0 Å². The van der Waals surface area contributed by atoms with Crippen molar-refractivity contribution in [2.75, 3.05) is 0 Å². The first kappa shape index (κ1) is 10.9. The van der Waals surface area contributed by atoms with Gasteiger partial charge in [0.1, 0.15) is 0 Å². The number of rotatable bonds is 1. The highest BCUT2D eigenvalue weighted by Crippen LogP contribution is 2.23. The Balaban J connectivity index is 3.07. The van der Waals surface area contributed by atoms with Gasteiger partial charge in [-0.3, -0.25) is 4.79 Å². The lowest BCUT2D eigenvalue weighted by Crippen LogP contribution is -2.14. The van der Waals surface area contributed by atoms with E-state index in [1.807, 2.05) is 13.0 Å². The maximum absolute atomic E-state index is 11.5. The topological polar surface area (TPSA) is 70.2 Å². The standard InChI is InChI=1S/C11H8BrNO3/c1-5-3-2-4-6-7(11(15)16)8(12)10(14)13-9(5)6/h2-4H,1H3,(H,13,14)(H,15,16). The second kappa shape index (κ2) is 3.75. The van der Waals surface area contributed by atoms with Gasteiger partial charge in [-0.25, -0.2) is 4.79 Å². The molecule has 0 amide bonds. The molecule has 0 aliphatic carbocycles. The Hall–Kier alpha value is -1.62. The molecular formula is C11H8BrNO3. The lowest BCUT2D eigenvalue weighted by atomic mass is 10.1. The molecule has 0 atom stereocenters. The van der Waals surface area contributed by atoms with Crippen LogP contribution in [-0.2, 0) is 0 Å². The molecule has 16 heavy (non-hydrogen) atoms. The molecule has 0 saturated heterocycles. The first-order valence-corrected chi connectivity index (χ1v) is 5.36. The van der Waals surface area contributed by atoms with Crippen LogP contribution in [0.15, 0.2) is 27.5 Å². The molecule has 82 valence electrons. The van der Waals surface area contributed by atoms with Crippen molar-refractivity contribution in [3.8, 4) is 0 Å². The van der Waals surface area contributed by atoms with E-state index in [9.17, 15) is 9.59 Å². The molecule has 0 bridgehead atoms. The van der Waals surface area contributed by atoms with E-state index in [1.54, 1.807) is 12.1 Å². The van der Waals surface area contributed by atoms with Crippen LogP contribution in [-0.4, -0.2) is 16.1 Å². The van der Waals surface area contributed by atoms with E-state index in [4.69, 9.17) is 5.11 Å². The van der Waals surface area contributed by atoms with Crippen molar-refractivity contribution in [3.63, 3.8) is 0 Å². The zero-order chi connectivity index (χ0) is 11.9. The second-order valence-corrected chi connectivity index (χ2v) is 4.24. The van der Waals surface area contributed by atoms with Crippen LogP contribution in [0.2, 0.25) is 0 Å². The van der Waals surface area contributed by atoms with Crippen molar-refractivity contribution >= 4 is 32.8 Å². The van der Waals surface area contributed by atoms with Gasteiger partial charge < -0.3 is 10.1 Å². The highest BCUT2D eigenvalue weighted by Gasteiger charge is 2.16. The Kier molecular flexibility index (Phi) is 2.55. The number of aromatic amines is 1. The number of pyridine rings is 1. The number of para-hydroxylation sites is 1. The summed E-state index contributed by atoms with van der Waals surface area (Å²) in [6.45, 7) is 1.82. The van der Waals surface area contributed by atoms with Gasteiger partial charge in [-0.15, -0.1) is 0 Å². The third kappa shape index (κ3) is 1.53. The number of halogens is 1. The minimum Gasteiger partial charge on any atom is -0.478 e. The summed E-state index contributed by atoms with van der Waals surface area (Å²) in [4.78, 5) is 25.3. The van der Waals surface area contributed by atoms with Crippen LogP contribution >= 0.6 is 15.9 Å². The maximum Gasteiger partial charge on any atom is 0.337 e. The van der Waals surface area contributed by atoms with Gasteiger partial charge in [0.05, 0.1) is 15.6 Å². The largest absolute Gasteiger partial charge is 0.478 e. The molecule has 1 aromatic heterocycles. The fraction of sp³-hybridized carbons (Fsp3) is 0.0909. The fourth-order valence-electron chi connectivity index (χ4n) is 1.65. The molecule has 5 heteroatoms. The summed E-state index contributed by atoms with van der Waals surface area (Å²) in [6.07, 6.45) is 0. The second-order valence-electron chi connectivity index (χ2n) is 3.45. The Morgan fingerprint density at radius 1 is 1.44 bits per heavy atom. The molecule has 0 fully saturated rings. The number of aromatic carboxylic acids is 1. The van der Waals surface area contributed by atoms with Gasteiger partial charge in [-0.05, 0) is 28.4 Å². The molecule has 4 nitrogen and oxygen atoms in total. The van der Waals surface area contributed by atoms with Crippen LogP contribution in [0.3, 0.4) is 0 Å². The van der Waals surface area contributed by atoms with Crippen molar-refractivity contribution < 1.29 is 9.90 Å². The van der Waals surface area contributed by atoms with E-state index in [0.29, 0.717) is 10.9 Å². The Bertz CT molecular complexity index is 645. The molecule has 0 aliphatic heterocycles. The average molecular weight is 282 g/mol. The summed E-state index contributed by atoms with van der Waals surface area (Å²) >= 11 is 3.00. The third-order valence-electron chi connectivity index (χ3n) is 2.41. The van der Waals surface area contributed by atoms with Crippen LogP contribution in [0.5, 0.6) is 0 Å². The van der Waals surface area contributed by atoms with Gasteiger partial charge in [0, 0.05) is 5.39 Å². The summed E-state index contributed by atoms with van der Waals surface area (Å²) in [7, 11) is 0. The SMILES string of the molecule is Cc1cccc2c(C(=O)O)c(Br)c(=O)[nH]c12. The first-order chi connectivity index (χ1) is 7.52. The Morgan fingerprint density at radius 2 is 2.12 bits per heavy atom. The van der Waals surface area contributed by atoms with Crippen LogP contribution < -0.4 is 5.56 Å². The predicted molar refractivity (Wildman–Crippen MR) is 64.0 cm³/mol. The molecule has 1 heterocycles. The van der Waals surface area contributed by atoms with Crippen LogP contribution in [0.4, 0.5) is 0 Å². The number of carbonyl (C=O) groups is 1. The minimum atomic E-state index is -1.12. The number of benzene rings is 1. The Labute approximate surface area is 99.0 Å². The maximum atomic E-state index is 11.5. The number of nitrogens with one attached hydrogen (secondary N) is 1. The molecule has 0 spiro atoms. The van der Waals surface area contributed by atoms with Gasteiger partial charge >= 0.3 is 5.97 Å². The van der Waals surface area contributed by atoms with E-state index in [2.05, 4.69) is 20.9 Å². The van der Waals surface area contributed by atoms with Crippen molar-refractivity contribution in [1.29, 1.82) is 0 Å². The highest BCUT2D eigenvalue weighted by atomic mass is 79.9. The summed E-state index contributed by atoms with van der Waals surface area (Å²) in [5.41, 5.74) is 0.972. The third-order valence-corrected chi connectivity index (χ3v) is 3.17. The van der Waals surface area contributed by atoms with Crippen LogP contribution in [0.1, 0.15) is 15.9 Å². The lowest BCUT2D eigenvalue weighted by molar-refractivity contribution is 0.0698. The van der Waals surface area contributed by atoms with Crippen molar-refractivity contribution in [2.45, 2.75) is 6.92 Å². The van der Waals surface area contributed by atoms with E-state index in [0.717, 1.165) is 5.56 Å². The van der Waals surface area contributed by atoms with E-state index in [-0.39, 0.29) is 10.0 Å². The zero-order valence-corrected chi connectivity index (χ0v) is 9.96. The summed E-state index contributed by atoms with van der Waals surface area (Å²) in [5.74, 6) is -1.12. The summed E-state index contributed by atoms with van der Waals surface area (Å²) in [5, 5.41) is 9.62. The van der Waals surface area contributed by atoms with E-state index >= 15 is 0 Å². The molecule has 2 aromatic rings. The smallest absolute Gasteiger partial charge is 0.337 e. The number of H-pyrrole nitrogens is 1. The van der Waals surface area contributed by atoms with Gasteiger partial charge in [0.15, 0.2) is 0 Å². The van der Waals surface area contributed by atoms with E-state index < -0.39 is 11.5 Å². The molecule has 0 unspecified atom stereocenters. The highest BCUT2D eigenvalue weighted by molar-refractivity contribution is 9.10. The number of aromatic nitrogens is 1. The zero-order valence-electron chi connectivity index (χ0n) is 8.37. The van der Waals surface area contributed by atoms with E-state index in [1.165, 1.54) is 0 Å². The molecule has 0 saturated carbocycles. The molecule has 2 N–H and O–H groups in total. The molecule has 0 radical (unpaired) electrons. The first-order valence-electron chi connectivity index (χ1n) is 4.56. The number of fused-ring (bicyclic) bond motifs is 1. The lowest BCUT2D eigenvalue weighted by Gasteiger charge is -2.06. The number of carboxylic acids is 1. The van der Waals surface area contributed by atoms with Crippen molar-refractivity contribution in [2.24, 2.45) is 0 Å². The number of aryl methyl sites for hydroxylation is 1. The molecule has 2 rings (SSSR count). The van der Waals surface area contributed by atoms with Crippen LogP contribution in [0.25, 0.3) is 10.9 Å². The normalized spacial score (nSPS) is 10.6. The number of carboxylic acid groups (broad SMARTS) is 1. The van der Waals surface area contributed by atoms with Crippen LogP contribution in [0, 0.1) is 6.92 Å². The fourth-order valence-corrected chi connectivity index (χ4v) is 2.13. The van der Waals surface area contributed by atoms with Gasteiger partial charge in [0.25, 0.3) is 5.56 Å². The average Bonchev–Trinajstić information content (AvgIpc) is 2.21. The molecular weight excluding hydrogens is 274 g/mol.